The Hall–Kier alpha value is -2.96. The summed E-state index contributed by atoms with van der Waals surface area (Å²) >= 11 is 7.47. The number of carbonyl (C=O) groups excluding carboxylic acids is 1. The van der Waals surface area contributed by atoms with Gasteiger partial charge in [-0.2, -0.15) is 0 Å². The van der Waals surface area contributed by atoms with E-state index in [2.05, 4.69) is 4.98 Å². The highest BCUT2D eigenvalue weighted by atomic mass is 35.5. The fourth-order valence-electron chi connectivity index (χ4n) is 3.66. The molecule has 0 fully saturated rings. The number of fused-ring (bicyclic) bond motifs is 2. The summed E-state index contributed by atoms with van der Waals surface area (Å²) < 4.78 is 5.91. The molecule has 1 amide bonds. The molecule has 2 aromatic carbocycles. The van der Waals surface area contributed by atoms with Gasteiger partial charge in [-0.15, -0.1) is 11.3 Å². The third-order valence-corrected chi connectivity index (χ3v) is 6.23. The Labute approximate surface area is 175 Å². The van der Waals surface area contributed by atoms with Gasteiger partial charge in [0.25, 0.3) is 5.91 Å². The molecule has 0 saturated carbocycles. The fraction of sp³-hybridized carbons (Fsp3) is 0.136. The molecule has 0 spiro atoms. The number of hydrogen-bond donors (Lipinski definition) is 0. The zero-order valence-corrected chi connectivity index (χ0v) is 17.2. The van der Waals surface area contributed by atoms with Gasteiger partial charge < -0.3 is 4.42 Å². The second-order valence-electron chi connectivity index (χ2n) is 7.07. The fourth-order valence-corrected chi connectivity index (χ4v) is 4.66. The van der Waals surface area contributed by atoms with Gasteiger partial charge in [0.05, 0.1) is 22.7 Å². The van der Waals surface area contributed by atoms with Gasteiger partial charge in [0, 0.05) is 10.4 Å². The average molecular weight is 423 g/mol. The van der Waals surface area contributed by atoms with Gasteiger partial charge in [0.15, 0.2) is 10.6 Å². The molecule has 5 rings (SSSR count). The number of halogens is 1. The lowest BCUT2D eigenvalue weighted by atomic mass is 9.98. The highest BCUT2D eigenvalue weighted by molar-refractivity contribution is 7.14. The number of aryl methyl sites for hydroxylation is 2. The molecule has 1 aliphatic heterocycles. The van der Waals surface area contributed by atoms with Crippen LogP contribution in [0.15, 0.2) is 57.1 Å². The molecular formula is C22H15ClN2O3S. The molecule has 4 aromatic rings. The van der Waals surface area contributed by atoms with Gasteiger partial charge in [-0.3, -0.25) is 14.5 Å². The summed E-state index contributed by atoms with van der Waals surface area (Å²) in [5.41, 5.74) is 3.13. The summed E-state index contributed by atoms with van der Waals surface area (Å²) in [5.74, 6) is -0.308. The second kappa shape index (κ2) is 6.54. The van der Waals surface area contributed by atoms with Crippen LogP contribution >= 0.6 is 22.9 Å². The zero-order chi connectivity index (χ0) is 20.3. The normalized spacial score (nSPS) is 15.9. The summed E-state index contributed by atoms with van der Waals surface area (Å²) in [6.45, 7) is 3.86. The third-order valence-electron chi connectivity index (χ3n) is 5.04. The largest absolute Gasteiger partial charge is 0.450 e. The van der Waals surface area contributed by atoms with Crippen molar-refractivity contribution in [2.24, 2.45) is 0 Å². The maximum Gasteiger partial charge on any atom is 0.297 e. The first-order chi connectivity index (χ1) is 13.9. The highest BCUT2D eigenvalue weighted by Crippen LogP contribution is 2.42. The Balaban J connectivity index is 1.83. The number of carbonyl (C=O) groups is 1. The van der Waals surface area contributed by atoms with Crippen molar-refractivity contribution in [2.75, 3.05) is 4.90 Å². The van der Waals surface area contributed by atoms with Crippen LogP contribution in [0.1, 0.15) is 39.0 Å². The lowest BCUT2D eigenvalue weighted by Crippen LogP contribution is -2.29. The first-order valence-corrected chi connectivity index (χ1v) is 10.3. The van der Waals surface area contributed by atoms with Crippen LogP contribution in [0.3, 0.4) is 0 Å². The van der Waals surface area contributed by atoms with E-state index in [9.17, 15) is 9.59 Å². The Kier molecular flexibility index (Phi) is 4.08. The minimum atomic E-state index is -0.608. The smallest absolute Gasteiger partial charge is 0.297 e. The van der Waals surface area contributed by atoms with Gasteiger partial charge >= 0.3 is 0 Å². The Morgan fingerprint density at radius 1 is 1.10 bits per heavy atom. The van der Waals surface area contributed by atoms with Crippen LogP contribution in [0, 0.1) is 13.8 Å². The molecule has 29 heavy (non-hydrogen) atoms. The van der Waals surface area contributed by atoms with E-state index in [-0.39, 0.29) is 17.1 Å². The summed E-state index contributed by atoms with van der Waals surface area (Å²) in [7, 11) is 0. The minimum Gasteiger partial charge on any atom is -0.450 e. The van der Waals surface area contributed by atoms with Crippen molar-refractivity contribution < 1.29 is 9.21 Å². The van der Waals surface area contributed by atoms with E-state index in [1.807, 2.05) is 43.5 Å². The summed E-state index contributed by atoms with van der Waals surface area (Å²) in [6, 6.07) is 12.0. The van der Waals surface area contributed by atoms with Crippen LogP contribution in [0.4, 0.5) is 5.13 Å². The van der Waals surface area contributed by atoms with Crippen molar-refractivity contribution in [3.63, 3.8) is 0 Å². The molecule has 7 heteroatoms. The SMILES string of the molecule is Cc1ccc([C@@H]2c3c(oc4ccc(Cl)cc4c3=O)C(=O)N2c2nc(C)cs2)cc1. The van der Waals surface area contributed by atoms with E-state index in [1.54, 1.807) is 23.1 Å². The predicted octanol–water partition coefficient (Wildman–Crippen LogP) is 5.27. The number of thiazole rings is 1. The van der Waals surface area contributed by atoms with Crippen molar-refractivity contribution in [1.29, 1.82) is 0 Å². The number of nitrogens with zero attached hydrogens (tertiary/aromatic N) is 2. The molecule has 0 aliphatic carbocycles. The van der Waals surface area contributed by atoms with Crippen LogP contribution < -0.4 is 10.3 Å². The Morgan fingerprint density at radius 3 is 2.55 bits per heavy atom. The van der Waals surface area contributed by atoms with Crippen LogP contribution in [-0.2, 0) is 0 Å². The second-order valence-corrected chi connectivity index (χ2v) is 8.35. The van der Waals surface area contributed by atoms with Crippen LogP contribution in [0.2, 0.25) is 5.02 Å². The van der Waals surface area contributed by atoms with E-state index in [1.165, 1.54) is 11.3 Å². The monoisotopic (exact) mass is 422 g/mol. The topological polar surface area (TPSA) is 63.4 Å². The van der Waals surface area contributed by atoms with Gasteiger partial charge in [-0.05, 0) is 37.6 Å². The molecule has 3 heterocycles. The maximum absolute atomic E-state index is 13.4. The van der Waals surface area contributed by atoms with Gasteiger partial charge in [-0.25, -0.2) is 4.98 Å². The summed E-state index contributed by atoms with van der Waals surface area (Å²) in [4.78, 5) is 32.8. The van der Waals surface area contributed by atoms with Crippen LogP contribution in [0.25, 0.3) is 11.0 Å². The Bertz CT molecular complexity index is 1340. The van der Waals surface area contributed by atoms with Crippen LogP contribution in [-0.4, -0.2) is 10.9 Å². The van der Waals surface area contributed by atoms with Crippen molar-refractivity contribution in [2.45, 2.75) is 19.9 Å². The molecule has 2 aromatic heterocycles. The zero-order valence-electron chi connectivity index (χ0n) is 15.6. The Morgan fingerprint density at radius 2 is 1.86 bits per heavy atom. The van der Waals surface area contributed by atoms with Gasteiger partial charge in [-0.1, -0.05) is 41.4 Å². The molecule has 0 bridgehead atoms. The molecule has 0 N–H and O–H groups in total. The van der Waals surface area contributed by atoms with Crippen molar-refractivity contribution in [3.05, 3.63) is 91.2 Å². The average Bonchev–Trinajstić information content (AvgIpc) is 3.25. The van der Waals surface area contributed by atoms with E-state index in [0.29, 0.717) is 26.7 Å². The molecule has 0 radical (unpaired) electrons. The molecule has 144 valence electrons. The molecule has 0 unspecified atom stereocenters. The van der Waals surface area contributed by atoms with E-state index >= 15 is 0 Å². The number of aromatic nitrogens is 1. The third kappa shape index (κ3) is 2.79. The van der Waals surface area contributed by atoms with E-state index < -0.39 is 6.04 Å². The molecule has 1 aliphatic rings. The highest BCUT2D eigenvalue weighted by Gasteiger charge is 2.44. The van der Waals surface area contributed by atoms with E-state index in [0.717, 1.165) is 16.8 Å². The number of hydrogen-bond acceptors (Lipinski definition) is 5. The number of rotatable bonds is 2. The number of benzene rings is 2. The molecular weight excluding hydrogens is 408 g/mol. The molecule has 0 saturated heterocycles. The molecule has 5 nitrogen and oxygen atoms in total. The first-order valence-electron chi connectivity index (χ1n) is 9.02. The van der Waals surface area contributed by atoms with Crippen molar-refractivity contribution >= 4 is 44.9 Å². The lowest BCUT2D eigenvalue weighted by Gasteiger charge is -2.22. The van der Waals surface area contributed by atoms with Gasteiger partial charge in [0.2, 0.25) is 5.76 Å². The standard InChI is InChI=1S/C22H15ClN2O3S/c1-11-3-5-13(6-4-11)18-17-19(26)15-9-14(23)7-8-16(15)28-20(17)21(27)25(18)22-24-12(2)10-29-22/h3-10,18H,1-2H3/t18-/m1/s1. The summed E-state index contributed by atoms with van der Waals surface area (Å²) in [5, 5.41) is 3.21. The minimum absolute atomic E-state index is 0.0586. The molecule has 1 atom stereocenters. The number of amides is 1. The predicted molar refractivity (Wildman–Crippen MR) is 114 cm³/mol. The summed E-state index contributed by atoms with van der Waals surface area (Å²) in [6.07, 6.45) is 0. The van der Waals surface area contributed by atoms with E-state index in [4.69, 9.17) is 16.0 Å². The van der Waals surface area contributed by atoms with Crippen molar-refractivity contribution in [1.82, 2.24) is 4.98 Å². The lowest BCUT2D eigenvalue weighted by molar-refractivity contribution is 0.0971. The maximum atomic E-state index is 13.4. The van der Waals surface area contributed by atoms with Gasteiger partial charge in [0.1, 0.15) is 5.58 Å². The first kappa shape index (κ1) is 18.1. The van der Waals surface area contributed by atoms with Crippen molar-refractivity contribution in [3.8, 4) is 0 Å². The quantitative estimate of drug-likeness (QED) is 0.441. The number of anilines is 1. The van der Waals surface area contributed by atoms with Crippen LogP contribution in [0.5, 0.6) is 0 Å².